The van der Waals surface area contributed by atoms with Gasteiger partial charge < -0.3 is 14.4 Å². The van der Waals surface area contributed by atoms with Gasteiger partial charge in [-0.2, -0.15) is 18.2 Å². The minimum atomic E-state index is -4.58. The van der Waals surface area contributed by atoms with Crippen LogP contribution in [0.5, 0.6) is 0 Å². The van der Waals surface area contributed by atoms with E-state index in [4.69, 9.17) is 9.47 Å². The molecule has 2 aliphatic rings. The average molecular weight is 523 g/mol. The van der Waals surface area contributed by atoms with Gasteiger partial charge in [0.05, 0.1) is 29.9 Å². The van der Waals surface area contributed by atoms with Crippen molar-refractivity contribution in [2.45, 2.75) is 76.8 Å². The number of hydrogen-bond acceptors (Lipinski definition) is 4. The molecule has 2 aliphatic heterocycles. The summed E-state index contributed by atoms with van der Waals surface area (Å²) in [6.45, 7) is 8.54. The van der Waals surface area contributed by atoms with Crippen LogP contribution in [0.1, 0.15) is 68.1 Å². The molecule has 37 heavy (non-hydrogen) atoms. The van der Waals surface area contributed by atoms with Gasteiger partial charge in [-0.3, -0.25) is 14.2 Å². The zero-order valence-electron chi connectivity index (χ0n) is 22.3. The maximum atomic E-state index is 13.6. The van der Waals surface area contributed by atoms with Gasteiger partial charge in [-0.05, 0) is 43.9 Å². The van der Waals surface area contributed by atoms with E-state index in [9.17, 15) is 18.0 Å². The molecule has 7 nitrogen and oxygen atoms in total. The van der Waals surface area contributed by atoms with Gasteiger partial charge >= 0.3 is 6.18 Å². The number of ether oxygens (including phenoxy) is 2. The van der Waals surface area contributed by atoms with Crippen molar-refractivity contribution in [2.24, 2.45) is 12.0 Å². The van der Waals surface area contributed by atoms with E-state index < -0.39 is 17.6 Å². The van der Waals surface area contributed by atoms with Gasteiger partial charge in [0.1, 0.15) is 0 Å². The summed E-state index contributed by atoms with van der Waals surface area (Å²) in [5, 5.41) is 0. The summed E-state index contributed by atoms with van der Waals surface area (Å²) in [5.74, 6) is -0.715. The smallest absolute Gasteiger partial charge is 0.376 e. The Morgan fingerprint density at radius 2 is 1.73 bits per heavy atom. The number of likely N-dealkylation sites (N-methyl/N-ethyl adjacent to an activating group) is 1. The molecule has 2 fully saturated rings. The Balaban J connectivity index is 1.77. The van der Waals surface area contributed by atoms with Crippen LogP contribution >= 0.6 is 0 Å². The second-order valence-electron chi connectivity index (χ2n) is 11.0. The number of rotatable bonds is 6. The average Bonchev–Trinajstić information content (AvgIpc) is 3.57. The first-order chi connectivity index (χ1) is 17.3. The molecule has 3 heterocycles. The van der Waals surface area contributed by atoms with Crippen molar-refractivity contribution in [1.82, 2.24) is 9.36 Å². The Kier molecular flexibility index (Phi) is 7.90. The molecule has 0 bridgehead atoms. The normalized spacial score (nSPS) is 21.1. The lowest BCUT2D eigenvalue weighted by molar-refractivity contribution is -0.137. The molecule has 2 atom stereocenters. The SMILES string of the molecule is CN(C[C@@H]1CCCO1)c1ccc(C(F)(F)F)cc1C(=O)/N=c1\cc(C(C)(C)C)n(C)n1C[C@H]1CCCO1. The zero-order chi connectivity index (χ0) is 27.0. The van der Waals surface area contributed by atoms with Crippen molar-refractivity contribution in [3.8, 4) is 0 Å². The number of hydrogen-bond donors (Lipinski definition) is 0. The third-order valence-electron chi connectivity index (χ3n) is 7.09. The summed E-state index contributed by atoms with van der Waals surface area (Å²) >= 11 is 0. The number of nitrogens with zero attached hydrogens (tertiary/aromatic N) is 4. The van der Waals surface area contributed by atoms with Gasteiger partial charge in [0.15, 0.2) is 5.49 Å². The topological polar surface area (TPSA) is 61.0 Å². The third kappa shape index (κ3) is 6.29. The number of alkyl halides is 3. The van der Waals surface area contributed by atoms with E-state index in [0.29, 0.717) is 37.5 Å². The van der Waals surface area contributed by atoms with Gasteiger partial charge in [0, 0.05) is 56.7 Å². The van der Waals surface area contributed by atoms with Crippen LogP contribution in [-0.4, -0.2) is 54.3 Å². The third-order valence-corrected chi connectivity index (χ3v) is 7.09. The fourth-order valence-corrected chi connectivity index (χ4v) is 5.14. The van der Waals surface area contributed by atoms with Crippen molar-refractivity contribution >= 4 is 11.6 Å². The summed E-state index contributed by atoms with van der Waals surface area (Å²) < 4.78 is 56.2. The summed E-state index contributed by atoms with van der Waals surface area (Å²) in [6, 6.07) is 5.11. The number of benzene rings is 1. The van der Waals surface area contributed by atoms with Crippen LogP contribution < -0.4 is 10.4 Å². The Bertz CT molecular complexity index is 1180. The van der Waals surface area contributed by atoms with Crippen molar-refractivity contribution < 1.29 is 27.4 Å². The molecule has 10 heteroatoms. The first kappa shape index (κ1) is 27.4. The van der Waals surface area contributed by atoms with E-state index in [1.54, 1.807) is 11.9 Å². The molecule has 1 amide bonds. The van der Waals surface area contributed by atoms with Crippen LogP contribution in [0.2, 0.25) is 0 Å². The predicted molar refractivity (Wildman–Crippen MR) is 135 cm³/mol. The summed E-state index contributed by atoms with van der Waals surface area (Å²) in [6.07, 6.45) is -0.906. The summed E-state index contributed by atoms with van der Waals surface area (Å²) in [7, 11) is 3.67. The molecule has 2 aromatic rings. The predicted octanol–water partition coefficient (Wildman–Crippen LogP) is 4.68. The van der Waals surface area contributed by atoms with Gasteiger partial charge in [0.25, 0.3) is 5.91 Å². The first-order valence-electron chi connectivity index (χ1n) is 12.9. The van der Waals surface area contributed by atoms with Crippen molar-refractivity contribution in [3.63, 3.8) is 0 Å². The zero-order valence-corrected chi connectivity index (χ0v) is 22.3. The Hall–Kier alpha value is -2.59. The largest absolute Gasteiger partial charge is 0.416 e. The second kappa shape index (κ2) is 10.6. The molecule has 2 saturated heterocycles. The Morgan fingerprint density at radius 1 is 1.08 bits per heavy atom. The molecule has 0 unspecified atom stereocenters. The maximum Gasteiger partial charge on any atom is 0.416 e. The minimum absolute atomic E-state index is 0.00265. The quantitative estimate of drug-likeness (QED) is 0.553. The molecule has 0 radical (unpaired) electrons. The van der Waals surface area contributed by atoms with Crippen molar-refractivity contribution in [2.75, 3.05) is 31.7 Å². The minimum Gasteiger partial charge on any atom is -0.376 e. The van der Waals surface area contributed by atoms with E-state index in [0.717, 1.165) is 43.5 Å². The van der Waals surface area contributed by atoms with Crippen LogP contribution in [0.25, 0.3) is 0 Å². The van der Waals surface area contributed by atoms with E-state index in [-0.39, 0.29) is 23.2 Å². The van der Waals surface area contributed by atoms with E-state index in [1.807, 2.05) is 22.5 Å². The van der Waals surface area contributed by atoms with Crippen molar-refractivity contribution in [3.05, 3.63) is 46.6 Å². The van der Waals surface area contributed by atoms with Crippen molar-refractivity contribution in [1.29, 1.82) is 0 Å². The fourth-order valence-electron chi connectivity index (χ4n) is 5.14. The van der Waals surface area contributed by atoms with Gasteiger partial charge in [-0.1, -0.05) is 20.8 Å². The lowest BCUT2D eigenvalue weighted by Crippen LogP contribution is -2.31. The second-order valence-corrected chi connectivity index (χ2v) is 11.0. The highest BCUT2D eigenvalue weighted by Gasteiger charge is 2.33. The van der Waals surface area contributed by atoms with E-state index >= 15 is 0 Å². The lowest BCUT2D eigenvalue weighted by atomic mass is 9.92. The maximum absolute atomic E-state index is 13.6. The molecule has 1 aromatic heterocycles. The van der Waals surface area contributed by atoms with Gasteiger partial charge in [-0.15, -0.1) is 0 Å². The molecule has 0 spiro atoms. The monoisotopic (exact) mass is 522 g/mol. The molecule has 4 rings (SSSR count). The molecule has 0 aliphatic carbocycles. The summed E-state index contributed by atoms with van der Waals surface area (Å²) in [5.41, 5.74) is 0.563. The molecule has 1 aromatic carbocycles. The van der Waals surface area contributed by atoms with Crippen LogP contribution in [0.15, 0.2) is 29.3 Å². The Morgan fingerprint density at radius 3 is 2.30 bits per heavy atom. The number of anilines is 1. The number of aromatic nitrogens is 2. The number of carbonyl (C=O) groups is 1. The fraction of sp³-hybridized carbons (Fsp3) is 0.630. The van der Waals surface area contributed by atoms with Gasteiger partial charge in [0.2, 0.25) is 0 Å². The lowest BCUT2D eigenvalue weighted by Gasteiger charge is -2.25. The van der Waals surface area contributed by atoms with Crippen LogP contribution in [0.4, 0.5) is 18.9 Å². The number of carbonyl (C=O) groups excluding carboxylic acids is 1. The molecule has 0 saturated carbocycles. The van der Waals surface area contributed by atoms with Crippen LogP contribution in [-0.2, 0) is 34.7 Å². The molecule has 0 N–H and O–H groups in total. The Labute approximate surface area is 215 Å². The molecule has 204 valence electrons. The summed E-state index contributed by atoms with van der Waals surface area (Å²) in [4.78, 5) is 19.7. The van der Waals surface area contributed by atoms with E-state index in [2.05, 4.69) is 25.8 Å². The van der Waals surface area contributed by atoms with Gasteiger partial charge in [-0.25, -0.2) is 0 Å². The molecular weight excluding hydrogens is 485 g/mol. The molecular formula is C27H37F3N4O3. The highest BCUT2D eigenvalue weighted by molar-refractivity contribution is 6.00. The van der Waals surface area contributed by atoms with E-state index in [1.165, 1.54) is 6.07 Å². The first-order valence-corrected chi connectivity index (χ1v) is 12.9. The van der Waals surface area contributed by atoms with Crippen LogP contribution in [0, 0.1) is 0 Å². The number of amides is 1. The standard InChI is InChI=1S/C27H37F3N4O3/c1-26(2,3)23-15-24(34(33(23)5)17-20-9-7-13-37-20)31-25(35)21-14-18(27(28,29)30)10-11-22(21)32(4)16-19-8-6-12-36-19/h10-11,14-15,19-20H,6-9,12-13,16-17H2,1-5H3/b31-24+/t19-,20+/m0/s1. The number of halogens is 3. The van der Waals surface area contributed by atoms with Crippen LogP contribution in [0.3, 0.4) is 0 Å². The highest BCUT2D eigenvalue weighted by atomic mass is 19.4. The highest BCUT2D eigenvalue weighted by Crippen LogP contribution is 2.33.